The fourth-order valence-corrected chi connectivity index (χ4v) is 5.45. The number of urea groups is 1. The summed E-state index contributed by atoms with van der Waals surface area (Å²) in [4.78, 5) is 34.3. The van der Waals surface area contributed by atoms with E-state index in [1.54, 1.807) is 11.3 Å². The number of carbonyl (C=O) groups is 2. The van der Waals surface area contributed by atoms with Crippen molar-refractivity contribution in [3.05, 3.63) is 94.2 Å². The van der Waals surface area contributed by atoms with Gasteiger partial charge in [0.2, 0.25) is 0 Å². The Hall–Kier alpha value is -3.00. The van der Waals surface area contributed by atoms with Crippen molar-refractivity contribution in [1.29, 1.82) is 0 Å². The molecule has 33 heavy (non-hydrogen) atoms. The van der Waals surface area contributed by atoms with Crippen LogP contribution >= 0.6 is 11.3 Å². The van der Waals surface area contributed by atoms with Gasteiger partial charge >= 0.3 is 6.03 Å². The molecule has 2 aliphatic heterocycles. The second-order valence-corrected chi connectivity index (χ2v) is 9.74. The van der Waals surface area contributed by atoms with Crippen molar-refractivity contribution < 1.29 is 9.59 Å². The number of benzene rings is 2. The van der Waals surface area contributed by atoms with Crippen LogP contribution in [0.1, 0.15) is 16.0 Å². The van der Waals surface area contributed by atoms with Gasteiger partial charge in [-0.1, -0.05) is 66.7 Å². The predicted molar refractivity (Wildman–Crippen MR) is 130 cm³/mol. The molecule has 5 rings (SSSR count). The highest BCUT2D eigenvalue weighted by molar-refractivity contribution is 7.09. The summed E-state index contributed by atoms with van der Waals surface area (Å²) >= 11 is 1.78. The minimum atomic E-state index is -1.08. The van der Waals surface area contributed by atoms with Crippen molar-refractivity contribution in [3.8, 4) is 0 Å². The number of hydrogen-bond acceptors (Lipinski definition) is 5. The van der Waals surface area contributed by atoms with E-state index in [1.165, 1.54) is 9.78 Å². The molecule has 0 aliphatic carbocycles. The van der Waals surface area contributed by atoms with Crippen LogP contribution in [-0.4, -0.2) is 59.5 Å². The summed E-state index contributed by atoms with van der Waals surface area (Å²) in [5, 5.41) is 5.17. The molecule has 0 radical (unpaired) electrons. The van der Waals surface area contributed by atoms with Crippen molar-refractivity contribution in [1.82, 2.24) is 20.0 Å². The molecule has 7 heteroatoms. The molecule has 0 unspecified atom stereocenters. The number of amides is 3. The lowest BCUT2D eigenvalue weighted by Crippen LogP contribution is -2.51. The first-order valence-corrected chi connectivity index (χ1v) is 12.2. The fourth-order valence-electron chi connectivity index (χ4n) is 4.71. The van der Waals surface area contributed by atoms with Gasteiger partial charge in [0.05, 0.1) is 6.67 Å². The molecule has 0 saturated carbocycles. The predicted octanol–water partition coefficient (Wildman–Crippen LogP) is 3.51. The Kier molecular flexibility index (Phi) is 6.26. The van der Waals surface area contributed by atoms with Gasteiger partial charge in [-0.2, -0.15) is 0 Å². The maximum absolute atomic E-state index is 13.8. The van der Waals surface area contributed by atoms with Crippen LogP contribution in [0, 0.1) is 0 Å². The van der Waals surface area contributed by atoms with Gasteiger partial charge in [-0.05, 0) is 22.6 Å². The number of piperazine rings is 1. The third-order valence-electron chi connectivity index (χ3n) is 6.52. The van der Waals surface area contributed by atoms with E-state index in [4.69, 9.17) is 0 Å². The highest BCUT2D eigenvalue weighted by Gasteiger charge is 2.52. The summed E-state index contributed by atoms with van der Waals surface area (Å²) < 4.78 is 0. The number of nitrogens with zero attached hydrogens (tertiary/aromatic N) is 3. The first-order chi connectivity index (χ1) is 16.1. The smallest absolute Gasteiger partial charge is 0.319 e. The Morgan fingerprint density at radius 1 is 0.818 bits per heavy atom. The minimum Gasteiger partial charge on any atom is -0.319 e. The first kappa shape index (κ1) is 21.8. The van der Waals surface area contributed by atoms with Gasteiger partial charge in [0.25, 0.3) is 5.91 Å². The van der Waals surface area contributed by atoms with Crippen LogP contribution in [0.3, 0.4) is 0 Å². The number of imide groups is 1. The van der Waals surface area contributed by atoms with Crippen LogP contribution in [0.15, 0.2) is 78.2 Å². The first-order valence-electron chi connectivity index (χ1n) is 11.3. The van der Waals surface area contributed by atoms with Gasteiger partial charge in [-0.15, -0.1) is 11.3 Å². The molecule has 2 aliphatic rings. The van der Waals surface area contributed by atoms with Crippen molar-refractivity contribution >= 4 is 23.3 Å². The Bertz CT molecular complexity index is 1080. The molecular weight excluding hydrogens is 432 g/mol. The molecule has 3 aromatic rings. The van der Waals surface area contributed by atoms with Gasteiger partial charge in [-0.3, -0.25) is 14.6 Å². The van der Waals surface area contributed by atoms with Crippen LogP contribution in [0.5, 0.6) is 0 Å². The van der Waals surface area contributed by atoms with E-state index in [0.29, 0.717) is 13.1 Å². The number of nitrogens with one attached hydrogen (secondary N) is 1. The highest BCUT2D eigenvalue weighted by Crippen LogP contribution is 2.33. The van der Waals surface area contributed by atoms with Crippen molar-refractivity contribution in [2.24, 2.45) is 0 Å². The molecule has 1 atom stereocenters. The normalized spacial score (nSPS) is 22.0. The molecule has 170 valence electrons. The van der Waals surface area contributed by atoms with Gasteiger partial charge in [0, 0.05) is 44.0 Å². The molecule has 3 amide bonds. The standard InChI is InChI=1S/C26H28N4O2S/c31-24-26(22-10-5-2-6-11-22,18-21-8-3-1-4-9-21)27-25(32)30(24)20-29-15-13-28(14-16-29)19-23-12-7-17-33-23/h1-12,17H,13-16,18-20H2,(H,27,32)/t26-/m0/s1. The van der Waals surface area contributed by atoms with Gasteiger partial charge in [0.15, 0.2) is 5.54 Å². The molecule has 2 aromatic carbocycles. The molecule has 1 N–H and O–H groups in total. The zero-order valence-corrected chi connectivity index (χ0v) is 19.3. The molecule has 3 heterocycles. The van der Waals surface area contributed by atoms with E-state index in [-0.39, 0.29) is 11.9 Å². The minimum absolute atomic E-state index is 0.177. The summed E-state index contributed by atoms with van der Waals surface area (Å²) in [6.07, 6.45) is 0.424. The molecule has 2 fully saturated rings. The van der Waals surface area contributed by atoms with Gasteiger partial charge in [0.1, 0.15) is 0 Å². The summed E-state index contributed by atoms with van der Waals surface area (Å²) in [5.74, 6) is -0.177. The largest absolute Gasteiger partial charge is 0.326 e. The number of rotatable bonds is 7. The Morgan fingerprint density at radius 3 is 2.15 bits per heavy atom. The van der Waals surface area contributed by atoms with Crippen LogP contribution in [0.25, 0.3) is 0 Å². The van der Waals surface area contributed by atoms with E-state index in [9.17, 15) is 9.59 Å². The zero-order valence-electron chi connectivity index (χ0n) is 18.5. The molecule has 0 bridgehead atoms. The van der Waals surface area contributed by atoms with E-state index < -0.39 is 5.54 Å². The summed E-state index contributed by atoms with van der Waals surface area (Å²) in [6, 6.07) is 23.4. The topological polar surface area (TPSA) is 55.9 Å². The molecule has 0 spiro atoms. The Morgan fingerprint density at radius 2 is 1.48 bits per heavy atom. The molecule has 1 aromatic heterocycles. The van der Waals surface area contributed by atoms with Crippen LogP contribution in [-0.2, 0) is 23.3 Å². The van der Waals surface area contributed by atoms with Crippen LogP contribution < -0.4 is 5.32 Å². The summed E-state index contributed by atoms with van der Waals surface area (Å²) in [6.45, 7) is 4.80. The number of thiophene rings is 1. The second-order valence-electron chi connectivity index (χ2n) is 8.71. The van der Waals surface area contributed by atoms with Crippen molar-refractivity contribution in [2.75, 3.05) is 32.8 Å². The quantitative estimate of drug-likeness (QED) is 0.549. The summed E-state index contributed by atoms with van der Waals surface area (Å²) in [5.41, 5.74) is 0.746. The monoisotopic (exact) mass is 460 g/mol. The number of hydrogen-bond donors (Lipinski definition) is 1. The van der Waals surface area contributed by atoms with E-state index in [0.717, 1.165) is 43.9 Å². The van der Waals surface area contributed by atoms with Gasteiger partial charge in [-0.25, -0.2) is 9.69 Å². The molecule has 6 nitrogen and oxygen atoms in total. The highest BCUT2D eigenvalue weighted by atomic mass is 32.1. The maximum Gasteiger partial charge on any atom is 0.326 e. The van der Waals surface area contributed by atoms with E-state index in [1.807, 2.05) is 60.7 Å². The Balaban J connectivity index is 1.30. The summed E-state index contributed by atoms with van der Waals surface area (Å²) in [7, 11) is 0. The Labute approximate surface area is 198 Å². The fraction of sp³-hybridized carbons (Fsp3) is 0.308. The van der Waals surface area contributed by atoms with Crippen molar-refractivity contribution in [3.63, 3.8) is 0 Å². The third-order valence-corrected chi connectivity index (χ3v) is 7.38. The van der Waals surface area contributed by atoms with E-state index >= 15 is 0 Å². The number of carbonyl (C=O) groups excluding carboxylic acids is 2. The van der Waals surface area contributed by atoms with Crippen LogP contribution in [0.2, 0.25) is 0 Å². The average molecular weight is 461 g/mol. The molecule has 2 saturated heterocycles. The van der Waals surface area contributed by atoms with Crippen molar-refractivity contribution in [2.45, 2.75) is 18.5 Å². The zero-order chi connectivity index (χ0) is 22.7. The third kappa shape index (κ3) is 4.57. The lowest BCUT2D eigenvalue weighted by molar-refractivity contribution is -0.133. The van der Waals surface area contributed by atoms with E-state index in [2.05, 4.69) is 32.6 Å². The lowest BCUT2D eigenvalue weighted by Gasteiger charge is -2.36. The SMILES string of the molecule is O=C1N[C@@](Cc2ccccc2)(c2ccccc2)C(=O)N1CN1CCN(Cc2cccs2)CC1. The molecular formula is C26H28N4O2S. The lowest BCUT2D eigenvalue weighted by atomic mass is 9.83. The van der Waals surface area contributed by atoms with Crippen LogP contribution in [0.4, 0.5) is 4.79 Å². The second kappa shape index (κ2) is 9.47. The van der Waals surface area contributed by atoms with Gasteiger partial charge < -0.3 is 5.32 Å². The maximum atomic E-state index is 13.8. The average Bonchev–Trinajstić information content (AvgIpc) is 3.44.